The lowest BCUT2D eigenvalue weighted by Crippen LogP contribution is -2.53. The van der Waals surface area contributed by atoms with Crippen LogP contribution >= 0.6 is 0 Å². The van der Waals surface area contributed by atoms with Crippen molar-refractivity contribution in [2.24, 2.45) is 0 Å². The average Bonchev–Trinajstić information content (AvgIpc) is 3.36. The highest BCUT2D eigenvalue weighted by molar-refractivity contribution is 5.96. The Hall–Kier alpha value is -2.90. The van der Waals surface area contributed by atoms with Gasteiger partial charge < -0.3 is 19.7 Å². The van der Waals surface area contributed by atoms with Gasteiger partial charge in [0.15, 0.2) is 0 Å². The normalized spacial score (nSPS) is 20.0. The summed E-state index contributed by atoms with van der Waals surface area (Å²) in [7, 11) is 0. The number of benzene rings is 2. The summed E-state index contributed by atoms with van der Waals surface area (Å²) in [5, 5.41) is 3.06. The van der Waals surface area contributed by atoms with E-state index in [4.69, 9.17) is 9.47 Å². The summed E-state index contributed by atoms with van der Waals surface area (Å²) in [5.74, 6) is 0.623. The lowest BCUT2D eigenvalue weighted by molar-refractivity contribution is -0.143. The number of hydrogen-bond donors (Lipinski definition) is 1. The fourth-order valence-electron chi connectivity index (χ4n) is 4.39. The fraction of sp³-hybridized carbons (Fsp3) is 0.440. The predicted molar refractivity (Wildman–Crippen MR) is 123 cm³/mol. The monoisotopic (exact) mass is 437 g/mol. The third-order valence-electron chi connectivity index (χ3n) is 6.00. The van der Waals surface area contributed by atoms with Crippen molar-refractivity contribution in [3.05, 3.63) is 60.2 Å². The first kappa shape index (κ1) is 22.3. The summed E-state index contributed by atoms with van der Waals surface area (Å²) in [6.07, 6.45) is 1.44. The highest BCUT2D eigenvalue weighted by Gasteiger charge is 2.34. The Balaban J connectivity index is 1.48. The van der Waals surface area contributed by atoms with Crippen LogP contribution in [0.25, 0.3) is 0 Å². The van der Waals surface area contributed by atoms with E-state index in [1.165, 1.54) is 0 Å². The van der Waals surface area contributed by atoms with Crippen molar-refractivity contribution in [2.75, 3.05) is 44.7 Å². The molecule has 7 heteroatoms. The Labute approximate surface area is 189 Å². The number of rotatable bonds is 7. The summed E-state index contributed by atoms with van der Waals surface area (Å²) < 4.78 is 11.2. The lowest BCUT2D eigenvalue weighted by atomic mass is 10.0. The third kappa shape index (κ3) is 5.11. The summed E-state index contributed by atoms with van der Waals surface area (Å²) in [6.45, 7) is 5.53. The van der Waals surface area contributed by atoms with Gasteiger partial charge in [-0.1, -0.05) is 42.5 Å². The van der Waals surface area contributed by atoms with Gasteiger partial charge in [0.25, 0.3) is 5.91 Å². The molecule has 2 aliphatic rings. The molecule has 0 aliphatic carbocycles. The van der Waals surface area contributed by atoms with E-state index >= 15 is 0 Å². The van der Waals surface area contributed by atoms with Crippen molar-refractivity contribution in [1.82, 2.24) is 9.80 Å². The largest absolute Gasteiger partial charge is 0.492 e. The molecule has 7 nitrogen and oxygen atoms in total. The lowest BCUT2D eigenvalue weighted by Gasteiger charge is -2.39. The molecule has 170 valence electrons. The van der Waals surface area contributed by atoms with E-state index in [0.29, 0.717) is 50.8 Å². The number of amides is 2. The maximum atomic E-state index is 13.5. The molecule has 2 saturated heterocycles. The van der Waals surface area contributed by atoms with E-state index in [0.717, 1.165) is 18.4 Å². The maximum Gasteiger partial charge on any atom is 0.251 e. The highest BCUT2D eigenvalue weighted by Crippen LogP contribution is 2.28. The zero-order valence-electron chi connectivity index (χ0n) is 18.5. The summed E-state index contributed by atoms with van der Waals surface area (Å²) in [5.41, 5.74) is 1.59. The first-order valence-electron chi connectivity index (χ1n) is 11.4. The quantitative estimate of drug-likeness (QED) is 0.721. The molecule has 0 bridgehead atoms. The smallest absolute Gasteiger partial charge is 0.251 e. The van der Waals surface area contributed by atoms with Crippen LogP contribution in [-0.4, -0.2) is 67.1 Å². The van der Waals surface area contributed by atoms with Gasteiger partial charge in [0.05, 0.1) is 12.3 Å². The number of carbonyl (C=O) groups excluding carboxylic acids is 2. The van der Waals surface area contributed by atoms with Crippen LogP contribution in [0.15, 0.2) is 54.6 Å². The first-order valence-corrected chi connectivity index (χ1v) is 11.4. The van der Waals surface area contributed by atoms with Crippen molar-refractivity contribution in [1.29, 1.82) is 0 Å². The third-order valence-corrected chi connectivity index (χ3v) is 6.00. The van der Waals surface area contributed by atoms with Gasteiger partial charge in [0.2, 0.25) is 5.91 Å². The second-order valence-electron chi connectivity index (χ2n) is 8.09. The minimum atomic E-state index is -0.453. The molecule has 0 radical (unpaired) electrons. The number of nitrogens with one attached hydrogen (secondary N) is 1. The minimum Gasteiger partial charge on any atom is -0.492 e. The van der Waals surface area contributed by atoms with Gasteiger partial charge in [-0.25, -0.2) is 0 Å². The molecule has 4 rings (SSSR count). The number of nitrogens with zero attached hydrogens (tertiary/aromatic N) is 2. The molecule has 0 saturated carbocycles. The molecule has 2 aliphatic heterocycles. The van der Waals surface area contributed by atoms with Crippen molar-refractivity contribution >= 4 is 17.5 Å². The van der Waals surface area contributed by atoms with Crippen LogP contribution in [0.1, 0.15) is 31.4 Å². The Kier molecular flexibility index (Phi) is 7.39. The van der Waals surface area contributed by atoms with Crippen LogP contribution in [0.3, 0.4) is 0 Å². The molecule has 0 aromatic heterocycles. The summed E-state index contributed by atoms with van der Waals surface area (Å²) >= 11 is 0. The van der Waals surface area contributed by atoms with E-state index in [-0.39, 0.29) is 17.9 Å². The number of hydrogen-bond acceptors (Lipinski definition) is 5. The van der Waals surface area contributed by atoms with Crippen LogP contribution in [0.4, 0.5) is 5.69 Å². The van der Waals surface area contributed by atoms with Crippen LogP contribution in [-0.2, 0) is 14.3 Å². The number of para-hydroxylation sites is 2. The van der Waals surface area contributed by atoms with Crippen LogP contribution in [0.2, 0.25) is 0 Å². The second kappa shape index (κ2) is 10.6. The Morgan fingerprint density at radius 3 is 2.47 bits per heavy atom. The molecule has 1 N–H and O–H groups in total. The predicted octanol–water partition coefficient (Wildman–Crippen LogP) is 3.09. The van der Waals surface area contributed by atoms with Gasteiger partial charge in [-0.05, 0) is 37.5 Å². The molecule has 2 aromatic carbocycles. The van der Waals surface area contributed by atoms with Gasteiger partial charge in [0.1, 0.15) is 17.9 Å². The number of piperazine rings is 1. The molecule has 2 fully saturated rings. The van der Waals surface area contributed by atoms with Crippen molar-refractivity contribution in [3.63, 3.8) is 0 Å². The molecule has 2 unspecified atom stereocenters. The van der Waals surface area contributed by atoms with Gasteiger partial charge in [-0.15, -0.1) is 0 Å². The minimum absolute atomic E-state index is 0.0773. The number of carbonyl (C=O) groups is 2. The van der Waals surface area contributed by atoms with Crippen LogP contribution in [0.5, 0.6) is 5.75 Å². The average molecular weight is 438 g/mol. The standard InChI is InChI=1S/C25H31N3O4/c1-2-31-21-12-7-6-11-20(21)26-24(29)23(19-9-4-3-5-10-19)27-14-16-28(17-15-27)25(30)22-13-8-18-32-22/h3-7,9-12,22-23H,2,8,13-18H2,1H3,(H,26,29). The van der Waals surface area contributed by atoms with Gasteiger partial charge in [0, 0.05) is 32.8 Å². The molecule has 2 atom stereocenters. The molecular weight excluding hydrogens is 406 g/mol. The summed E-state index contributed by atoms with van der Waals surface area (Å²) in [6, 6.07) is 16.8. The van der Waals surface area contributed by atoms with Gasteiger partial charge in [-0.2, -0.15) is 0 Å². The van der Waals surface area contributed by atoms with Gasteiger partial charge in [-0.3, -0.25) is 14.5 Å². The molecule has 0 spiro atoms. The second-order valence-corrected chi connectivity index (χ2v) is 8.09. The highest BCUT2D eigenvalue weighted by atomic mass is 16.5. The summed E-state index contributed by atoms with van der Waals surface area (Å²) in [4.78, 5) is 30.2. The topological polar surface area (TPSA) is 71.1 Å². The van der Waals surface area contributed by atoms with Crippen LogP contribution < -0.4 is 10.1 Å². The SMILES string of the molecule is CCOc1ccccc1NC(=O)C(c1ccccc1)N1CCN(C(=O)C2CCCO2)CC1. The Morgan fingerprint density at radius 1 is 1.06 bits per heavy atom. The number of ether oxygens (including phenoxy) is 2. The molecular formula is C25H31N3O4. The fourth-order valence-corrected chi connectivity index (χ4v) is 4.39. The number of anilines is 1. The van der Waals surface area contributed by atoms with Crippen LogP contribution in [0, 0.1) is 0 Å². The first-order chi connectivity index (χ1) is 15.7. The zero-order valence-corrected chi connectivity index (χ0v) is 18.5. The van der Waals surface area contributed by atoms with Crippen molar-refractivity contribution < 1.29 is 19.1 Å². The Bertz CT molecular complexity index is 906. The maximum absolute atomic E-state index is 13.5. The zero-order chi connectivity index (χ0) is 22.3. The van der Waals surface area contributed by atoms with E-state index in [1.54, 1.807) is 0 Å². The van der Waals surface area contributed by atoms with E-state index in [2.05, 4.69) is 10.2 Å². The molecule has 32 heavy (non-hydrogen) atoms. The van der Waals surface area contributed by atoms with Crippen molar-refractivity contribution in [3.8, 4) is 5.75 Å². The van der Waals surface area contributed by atoms with E-state index in [1.807, 2.05) is 66.4 Å². The molecule has 2 aromatic rings. The van der Waals surface area contributed by atoms with E-state index in [9.17, 15) is 9.59 Å². The van der Waals surface area contributed by atoms with Crippen molar-refractivity contribution in [2.45, 2.75) is 31.9 Å². The Morgan fingerprint density at radius 2 is 1.78 bits per heavy atom. The van der Waals surface area contributed by atoms with Gasteiger partial charge >= 0.3 is 0 Å². The molecule has 2 amide bonds. The van der Waals surface area contributed by atoms with E-state index < -0.39 is 6.04 Å². The molecule has 2 heterocycles.